The Bertz CT molecular complexity index is 358. The van der Waals surface area contributed by atoms with Crippen LogP contribution in [-0.2, 0) is 5.60 Å². The van der Waals surface area contributed by atoms with E-state index in [9.17, 15) is 9.50 Å². The molecular weight excluding hydrogens is 181 g/mol. The molecule has 1 N–H and O–H groups in total. The first-order valence-electron chi connectivity index (χ1n) is 4.73. The molecule has 0 radical (unpaired) electrons. The van der Waals surface area contributed by atoms with Gasteiger partial charge in [-0.3, -0.25) is 0 Å². The molecule has 0 amide bonds. The van der Waals surface area contributed by atoms with Crippen molar-refractivity contribution in [2.75, 3.05) is 19.0 Å². The third-order valence-corrected chi connectivity index (χ3v) is 2.66. The Morgan fingerprint density at radius 1 is 1.36 bits per heavy atom. The van der Waals surface area contributed by atoms with Crippen molar-refractivity contribution in [3.05, 3.63) is 29.6 Å². The summed E-state index contributed by atoms with van der Waals surface area (Å²) in [5.74, 6) is -0.309. The monoisotopic (exact) mass is 195 g/mol. The molecule has 2 rings (SSSR count). The second-order valence-corrected chi connectivity index (χ2v) is 4.06. The second kappa shape index (κ2) is 2.95. The third kappa shape index (κ3) is 1.38. The van der Waals surface area contributed by atoms with Crippen LogP contribution in [0.5, 0.6) is 0 Å². The Morgan fingerprint density at radius 2 is 2.00 bits per heavy atom. The first kappa shape index (κ1) is 9.46. The molecular formula is C11H14FNO. The van der Waals surface area contributed by atoms with Crippen LogP contribution in [0.4, 0.5) is 10.1 Å². The Balaban J connectivity index is 2.54. The van der Waals surface area contributed by atoms with E-state index in [-0.39, 0.29) is 5.82 Å². The van der Waals surface area contributed by atoms with Crippen molar-refractivity contribution in [1.29, 1.82) is 0 Å². The molecule has 2 nitrogen and oxygen atoms in total. The maximum absolute atomic E-state index is 13.6. The summed E-state index contributed by atoms with van der Waals surface area (Å²) in [5, 5.41) is 9.94. The Hall–Kier alpha value is -1.09. The molecule has 0 aliphatic heterocycles. The van der Waals surface area contributed by atoms with Gasteiger partial charge in [-0.2, -0.15) is 0 Å². The molecule has 0 spiro atoms. The number of halogens is 1. The maximum atomic E-state index is 13.6. The average molecular weight is 195 g/mol. The first-order valence-corrected chi connectivity index (χ1v) is 4.73. The van der Waals surface area contributed by atoms with Crippen molar-refractivity contribution in [2.24, 2.45) is 0 Å². The number of benzene rings is 1. The van der Waals surface area contributed by atoms with Gasteiger partial charge in [0.15, 0.2) is 0 Å². The Labute approximate surface area is 83.0 Å². The fourth-order valence-corrected chi connectivity index (χ4v) is 1.71. The minimum absolute atomic E-state index is 0.309. The molecule has 0 bridgehead atoms. The third-order valence-electron chi connectivity index (χ3n) is 2.66. The minimum Gasteiger partial charge on any atom is -0.385 e. The predicted octanol–water partition coefficient (Wildman–Crippen LogP) is 1.87. The van der Waals surface area contributed by atoms with Gasteiger partial charge in [-0.25, -0.2) is 4.39 Å². The number of rotatable bonds is 2. The van der Waals surface area contributed by atoms with Crippen molar-refractivity contribution in [1.82, 2.24) is 0 Å². The van der Waals surface area contributed by atoms with E-state index >= 15 is 0 Å². The van der Waals surface area contributed by atoms with Crippen LogP contribution in [0.1, 0.15) is 18.4 Å². The van der Waals surface area contributed by atoms with E-state index in [2.05, 4.69) is 0 Å². The molecule has 0 aromatic heterocycles. The van der Waals surface area contributed by atoms with Crippen molar-refractivity contribution in [2.45, 2.75) is 18.4 Å². The summed E-state index contributed by atoms with van der Waals surface area (Å²) < 4.78 is 13.6. The van der Waals surface area contributed by atoms with Crippen molar-refractivity contribution in [3.63, 3.8) is 0 Å². The highest BCUT2D eigenvalue weighted by Gasteiger charge is 2.45. The van der Waals surface area contributed by atoms with Gasteiger partial charge in [0.05, 0.1) is 5.60 Å². The van der Waals surface area contributed by atoms with Crippen molar-refractivity contribution < 1.29 is 9.50 Å². The van der Waals surface area contributed by atoms with Gasteiger partial charge in [0.1, 0.15) is 5.82 Å². The molecule has 1 aromatic rings. The lowest BCUT2D eigenvalue weighted by molar-refractivity contribution is 0.147. The fourth-order valence-electron chi connectivity index (χ4n) is 1.71. The molecule has 0 atom stereocenters. The molecule has 1 aromatic carbocycles. The average Bonchev–Trinajstić information content (AvgIpc) is 2.84. The molecule has 0 saturated heterocycles. The van der Waals surface area contributed by atoms with E-state index in [0.29, 0.717) is 18.4 Å². The number of anilines is 1. The molecule has 0 heterocycles. The zero-order valence-corrected chi connectivity index (χ0v) is 8.42. The summed E-state index contributed by atoms with van der Waals surface area (Å²) in [5.41, 5.74) is 0.306. The van der Waals surface area contributed by atoms with Crippen LogP contribution in [0.15, 0.2) is 18.2 Å². The van der Waals surface area contributed by atoms with Crippen LogP contribution >= 0.6 is 0 Å². The standard InChI is InChI=1S/C11H14FNO/c1-13(2)9-5-3-4-8(12)10(9)11(14)6-7-11/h3-5,14H,6-7H2,1-2H3. The van der Waals surface area contributed by atoms with E-state index in [1.165, 1.54) is 6.07 Å². The largest absolute Gasteiger partial charge is 0.385 e. The van der Waals surface area contributed by atoms with E-state index in [1.807, 2.05) is 25.1 Å². The molecule has 14 heavy (non-hydrogen) atoms. The lowest BCUT2D eigenvalue weighted by atomic mass is 10.0. The molecule has 1 aliphatic carbocycles. The number of hydrogen-bond acceptors (Lipinski definition) is 2. The van der Waals surface area contributed by atoms with Gasteiger partial charge >= 0.3 is 0 Å². The summed E-state index contributed by atoms with van der Waals surface area (Å²) in [4.78, 5) is 1.83. The topological polar surface area (TPSA) is 23.5 Å². The van der Waals surface area contributed by atoms with Gasteiger partial charge in [-0.15, -0.1) is 0 Å². The van der Waals surface area contributed by atoms with Gasteiger partial charge in [-0.05, 0) is 25.0 Å². The summed E-state index contributed by atoms with van der Waals surface area (Å²) in [7, 11) is 3.70. The van der Waals surface area contributed by atoms with Gasteiger partial charge in [0, 0.05) is 25.3 Å². The highest BCUT2D eigenvalue weighted by Crippen LogP contribution is 2.49. The smallest absolute Gasteiger partial charge is 0.131 e. The van der Waals surface area contributed by atoms with Gasteiger partial charge < -0.3 is 10.0 Å². The van der Waals surface area contributed by atoms with Crippen LogP contribution in [0.2, 0.25) is 0 Å². The quantitative estimate of drug-likeness (QED) is 0.778. The van der Waals surface area contributed by atoms with E-state index in [4.69, 9.17) is 0 Å². The molecule has 0 unspecified atom stereocenters. The molecule has 76 valence electrons. The van der Waals surface area contributed by atoms with Crippen LogP contribution in [0.3, 0.4) is 0 Å². The molecule has 1 aliphatic rings. The SMILES string of the molecule is CN(C)c1cccc(F)c1C1(O)CC1. The first-order chi connectivity index (χ1) is 6.54. The van der Waals surface area contributed by atoms with Gasteiger partial charge in [-0.1, -0.05) is 6.07 Å². The van der Waals surface area contributed by atoms with Gasteiger partial charge in [0.2, 0.25) is 0 Å². The highest BCUT2D eigenvalue weighted by atomic mass is 19.1. The van der Waals surface area contributed by atoms with Crippen LogP contribution in [0.25, 0.3) is 0 Å². The van der Waals surface area contributed by atoms with Crippen molar-refractivity contribution >= 4 is 5.69 Å². The van der Waals surface area contributed by atoms with E-state index in [1.54, 1.807) is 6.07 Å². The lowest BCUT2D eigenvalue weighted by Crippen LogP contribution is -2.17. The number of aliphatic hydroxyl groups is 1. The predicted molar refractivity (Wildman–Crippen MR) is 53.9 cm³/mol. The molecule has 1 saturated carbocycles. The van der Waals surface area contributed by atoms with Crippen molar-refractivity contribution in [3.8, 4) is 0 Å². The van der Waals surface area contributed by atoms with Crippen LogP contribution in [-0.4, -0.2) is 19.2 Å². The maximum Gasteiger partial charge on any atom is 0.131 e. The zero-order valence-electron chi connectivity index (χ0n) is 8.42. The number of nitrogens with zero attached hydrogens (tertiary/aromatic N) is 1. The second-order valence-electron chi connectivity index (χ2n) is 4.06. The fraction of sp³-hybridized carbons (Fsp3) is 0.455. The highest BCUT2D eigenvalue weighted by molar-refractivity contribution is 5.57. The zero-order chi connectivity index (χ0) is 10.3. The number of hydrogen-bond donors (Lipinski definition) is 1. The summed E-state index contributed by atoms with van der Waals surface area (Å²) in [6.45, 7) is 0. The van der Waals surface area contributed by atoms with Gasteiger partial charge in [0.25, 0.3) is 0 Å². The summed E-state index contributed by atoms with van der Waals surface area (Å²) in [6.07, 6.45) is 1.32. The normalized spacial score (nSPS) is 18.0. The Morgan fingerprint density at radius 3 is 2.50 bits per heavy atom. The van der Waals surface area contributed by atoms with Crippen LogP contribution in [0, 0.1) is 5.82 Å². The lowest BCUT2D eigenvalue weighted by Gasteiger charge is -2.20. The minimum atomic E-state index is -0.912. The molecule has 3 heteroatoms. The van der Waals surface area contributed by atoms with E-state index < -0.39 is 5.60 Å². The summed E-state index contributed by atoms with van der Waals surface area (Å²) in [6, 6.07) is 4.90. The molecule has 1 fully saturated rings. The van der Waals surface area contributed by atoms with E-state index in [0.717, 1.165) is 5.69 Å². The van der Waals surface area contributed by atoms with Crippen LogP contribution < -0.4 is 4.90 Å². The Kier molecular flexibility index (Phi) is 2.00. The summed E-state index contributed by atoms with van der Waals surface area (Å²) >= 11 is 0.